The first-order valence-corrected chi connectivity index (χ1v) is 10.5. The molecule has 2 fully saturated rings. The topological polar surface area (TPSA) is 48.4 Å². The van der Waals surface area contributed by atoms with Gasteiger partial charge in [0, 0.05) is 0 Å². The van der Waals surface area contributed by atoms with Gasteiger partial charge >= 0.3 is 157 Å². The van der Waals surface area contributed by atoms with Gasteiger partial charge in [0.1, 0.15) is 0 Å². The molecule has 2 aromatic rings. The third-order valence-electron chi connectivity index (χ3n) is 5.24. The van der Waals surface area contributed by atoms with Gasteiger partial charge in [-0.1, -0.05) is 0 Å². The van der Waals surface area contributed by atoms with Crippen molar-refractivity contribution in [2.75, 3.05) is 0 Å². The molecule has 25 heavy (non-hydrogen) atoms. The zero-order chi connectivity index (χ0) is 17.0. The molecule has 128 valence electrons. The Balaban J connectivity index is 1.29. The summed E-state index contributed by atoms with van der Waals surface area (Å²) in [5.74, 6) is 1.13. The number of aromatic nitrogens is 1. The van der Waals surface area contributed by atoms with Crippen molar-refractivity contribution in [3.63, 3.8) is 0 Å². The molecule has 0 spiro atoms. The number of rotatable bonds is 4. The van der Waals surface area contributed by atoms with Gasteiger partial charge in [-0.15, -0.1) is 0 Å². The number of hydrogen-bond donors (Lipinski definition) is 0. The van der Waals surface area contributed by atoms with Gasteiger partial charge in [-0.05, 0) is 0 Å². The van der Waals surface area contributed by atoms with Gasteiger partial charge in [0.25, 0.3) is 0 Å². The monoisotopic (exact) mass is 421 g/mol. The van der Waals surface area contributed by atoms with Crippen LogP contribution in [0.25, 0.3) is 10.1 Å². The van der Waals surface area contributed by atoms with E-state index in [4.69, 9.17) is 21.1 Å². The number of ketones is 1. The Hall–Kier alpha value is -1.39. The molecule has 4 nitrogen and oxygen atoms in total. The van der Waals surface area contributed by atoms with Gasteiger partial charge in [0.05, 0.1) is 0 Å². The maximum absolute atomic E-state index is 12.2. The molecule has 0 radical (unpaired) electrons. The van der Waals surface area contributed by atoms with E-state index in [0.29, 0.717) is 6.61 Å². The summed E-state index contributed by atoms with van der Waals surface area (Å²) in [6, 6.07) is 7.76. The Labute approximate surface area is 156 Å². The Bertz CT molecular complexity index is 860. The zero-order valence-electron chi connectivity index (χ0n) is 13.4. The molecular formula is C19H16ClNO3Se. The average Bonchev–Trinajstić information content (AvgIpc) is 3.37. The van der Waals surface area contributed by atoms with Crippen LogP contribution in [0.5, 0.6) is 0 Å². The van der Waals surface area contributed by atoms with E-state index in [1.54, 1.807) is 6.08 Å². The Kier molecular flexibility index (Phi) is 3.86. The number of carbonyl (C=O) groups excluding carboxylic acids is 1. The Morgan fingerprint density at radius 3 is 2.76 bits per heavy atom. The zero-order valence-corrected chi connectivity index (χ0v) is 15.8. The number of benzene rings is 1. The fourth-order valence-corrected chi connectivity index (χ4v) is 5.99. The van der Waals surface area contributed by atoms with Crippen molar-refractivity contribution in [2.45, 2.75) is 31.7 Å². The van der Waals surface area contributed by atoms with E-state index in [1.165, 1.54) is 4.44 Å². The Morgan fingerprint density at radius 2 is 1.96 bits per heavy atom. The Morgan fingerprint density at radius 1 is 1.20 bits per heavy atom. The number of fused-ring (bicyclic) bond motifs is 5. The van der Waals surface area contributed by atoms with E-state index in [-0.39, 0.29) is 44.3 Å². The van der Waals surface area contributed by atoms with Crippen LogP contribution in [0.1, 0.15) is 17.3 Å². The summed E-state index contributed by atoms with van der Waals surface area (Å²) in [6.07, 6.45) is 5.91. The van der Waals surface area contributed by atoms with Crippen molar-refractivity contribution in [2.24, 2.45) is 11.8 Å². The molecular weight excluding hydrogens is 405 g/mol. The van der Waals surface area contributed by atoms with Crippen LogP contribution in [-0.2, 0) is 20.9 Å². The van der Waals surface area contributed by atoms with E-state index in [1.807, 2.05) is 30.5 Å². The number of nitrogens with zero attached hydrogens (tertiary/aromatic N) is 1. The van der Waals surface area contributed by atoms with Gasteiger partial charge < -0.3 is 0 Å². The molecule has 1 aromatic heterocycles. The number of hydrogen-bond acceptors (Lipinski definition) is 4. The van der Waals surface area contributed by atoms with Crippen molar-refractivity contribution in [3.05, 3.63) is 51.8 Å². The third-order valence-corrected chi connectivity index (χ3v) is 7.63. The summed E-state index contributed by atoms with van der Waals surface area (Å²) in [4.78, 5) is 16.8. The molecule has 0 unspecified atom stereocenters. The van der Waals surface area contributed by atoms with Crippen LogP contribution in [0.2, 0.25) is 5.02 Å². The summed E-state index contributed by atoms with van der Waals surface area (Å²) in [6.45, 7) is 0.500. The molecule has 2 bridgehead atoms. The van der Waals surface area contributed by atoms with E-state index >= 15 is 0 Å². The summed E-state index contributed by atoms with van der Waals surface area (Å²) in [5.41, 5.74) is 1.10. The van der Waals surface area contributed by atoms with Gasteiger partial charge in [0.2, 0.25) is 0 Å². The summed E-state index contributed by atoms with van der Waals surface area (Å²) in [5, 5.41) is 0.729. The number of carbonyl (C=O) groups is 1. The van der Waals surface area contributed by atoms with Gasteiger partial charge in [-0.25, -0.2) is 0 Å². The summed E-state index contributed by atoms with van der Waals surface area (Å²) >= 11 is 6.08. The van der Waals surface area contributed by atoms with Crippen LogP contribution in [0, 0.1) is 11.8 Å². The van der Waals surface area contributed by atoms with Crippen LogP contribution < -0.4 is 0 Å². The van der Waals surface area contributed by atoms with Crippen molar-refractivity contribution in [1.29, 1.82) is 0 Å². The van der Waals surface area contributed by atoms with Crippen LogP contribution in [-0.4, -0.2) is 37.5 Å². The first-order chi connectivity index (χ1) is 12.2. The summed E-state index contributed by atoms with van der Waals surface area (Å²) in [7, 11) is 0. The number of allylic oxidation sites excluding steroid dienone is 1. The second-order valence-electron chi connectivity index (χ2n) is 6.72. The van der Waals surface area contributed by atoms with E-state index in [2.05, 4.69) is 4.98 Å². The molecule has 5 rings (SSSR count). The molecule has 1 aliphatic carbocycles. The SMILES string of the molecule is O=C1C=C(OCc2cnc(-c3ccc(Cl)cc3)[se]2)[C@@H]2[C@H]1[C@H]1CC[C@@H]2O1. The first-order valence-electron chi connectivity index (χ1n) is 8.43. The summed E-state index contributed by atoms with van der Waals surface area (Å²) < 4.78 is 14.2. The average molecular weight is 421 g/mol. The molecule has 6 heteroatoms. The fraction of sp³-hybridized carbons (Fsp3) is 0.368. The van der Waals surface area contributed by atoms with Crippen molar-refractivity contribution in [3.8, 4) is 10.1 Å². The van der Waals surface area contributed by atoms with Gasteiger partial charge in [-0.2, -0.15) is 0 Å². The predicted octanol–water partition coefficient (Wildman–Crippen LogP) is 3.24. The molecule has 2 aliphatic heterocycles. The standard InChI is InChI=1S/C19H16ClNO3Se/c20-11-3-1-10(2-4-11)19-21-8-12(25-19)9-23-16-7-13(22)17-14-5-6-15(24-14)18(16)17/h1-4,7-8,14-15,17-18H,5-6,9H2/t14-,15+,17-,18-/m1/s1. The molecule has 3 aliphatic rings. The molecule has 3 heterocycles. The minimum atomic E-state index is -0.00213. The molecule has 0 saturated carbocycles. The van der Waals surface area contributed by atoms with Crippen LogP contribution in [0.15, 0.2) is 42.3 Å². The molecule has 1 aromatic carbocycles. The second-order valence-corrected chi connectivity index (χ2v) is 9.49. The number of halogens is 1. The quantitative estimate of drug-likeness (QED) is 0.713. The number of ether oxygens (including phenoxy) is 2. The van der Waals surface area contributed by atoms with Crippen molar-refractivity contribution in [1.82, 2.24) is 4.98 Å². The van der Waals surface area contributed by atoms with Gasteiger partial charge in [0.15, 0.2) is 0 Å². The van der Waals surface area contributed by atoms with Crippen LogP contribution in [0.4, 0.5) is 0 Å². The van der Waals surface area contributed by atoms with Crippen LogP contribution in [0.3, 0.4) is 0 Å². The molecule has 0 amide bonds. The maximum atomic E-state index is 12.2. The van der Waals surface area contributed by atoms with Crippen molar-refractivity contribution >= 4 is 31.9 Å². The molecule has 0 N–H and O–H groups in total. The van der Waals surface area contributed by atoms with Crippen LogP contribution >= 0.6 is 11.6 Å². The van der Waals surface area contributed by atoms with E-state index in [0.717, 1.165) is 33.8 Å². The predicted molar refractivity (Wildman–Crippen MR) is 94.4 cm³/mol. The fourth-order valence-electron chi connectivity index (χ4n) is 4.13. The van der Waals surface area contributed by atoms with E-state index in [9.17, 15) is 4.79 Å². The van der Waals surface area contributed by atoms with Gasteiger partial charge in [-0.3, -0.25) is 0 Å². The first kappa shape index (κ1) is 15.8. The normalized spacial score (nSPS) is 29.8. The minimum absolute atomic E-state index is 0.00213. The van der Waals surface area contributed by atoms with Crippen molar-refractivity contribution < 1.29 is 14.3 Å². The van der Waals surface area contributed by atoms with E-state index < -0.39 is 0 Å². The third kappa shape index (κ3) is 2.70. The second kappa shape index (κ2) is 6.10. The molecule has 2 saturated heterocycles. The molecule has 4 atom stereocenters.